The molecule has 3 rings (SSSR count). The second-order valence-electron chi connectivity index (χ2n) is 7.24. The van der Waals surface area contributed by atoms with Crippen LogP contribution in [0.5, 0.6) is 5.75 Å². The van der Waals surface area contributed by atoms with E-state index >= 15 is 0 Å². The molecule has 0 aliphatic carbocycles. The number of methoxy groups -OCH3 is 1. The Hall–Kier alpha value is -4.18. The van der Waals surface area contributed by atoms with E-state index < -0.39 is 28.4 Å². The lowest BCUT2D eigenvalue weighted by molar-refractivity contribution is -0.119. The maximum absolute atomic E-state index is 13.4. The molecule has 0 bridgehead atoms. The minimum atomic E-state index is -4.07. The molecule has 0 saturated heterocycles. The quantitative estimate of drug-likeness (QED) is 0.357. The number of aromatic carboxylic acids is 1. The summed E-state index contributed by atoms with van der Waals surface area (Å²) in [4.78, 5) is 23.5. The molecule has 10 heteroatoms. The highest BCUT2D eigenvalue weighted by molar-refractivity contribution is 7.92. The number of carbonyl (C=O) groups is 2. The highest BCUT2D eigenvalue weighted by Gasteiger charge is 2.27. The van der Waals surface area contributed by atoms with E-state index in [1.54, 1.807) is 24.3 Å². The lowest BCUT2D eigenvalue weighted by Gasteiger charge is -2.24. The van der Waals surface area contributed by atoms with Crippen molar-refractivity contribution >= 4 is 33.8 Å². The van der Waals surface area contributed by atoms with Gasteiger partial charge in [0, 0.05) is 0 Å². The summed E-state index contributed by atoms with van der Waals surface area (Å²) in [7, 11) is -2.59. The van der Waals surface area contributed by atoms with E-state index in [4.69, 9.17) is 9.84 Å². The zero-order chi connectivity index (χ0) is 24.7. The van der Waals surface area contributed by atoms with Crippen molar-refractivity contribution in [2.45, 2.75) is 11.8 Å². The van der Waals surface area contributed by atoms with Crippen molar-refractivity contribution in [2.75, 3.05) is 18.0 Å². The normalized spacial score (nSPS) is 11.2. The van der Waals surface area contributed by atoms with Crippen molar-refractivity contribution in [1.29, 1.82) is 0 Å². The van der Waals surface area contributed by atoms with E-state index in [1.807, 2.05) is 6.92 Å². The van der Waals surface area contributed by atoms with Gasteiger partial charge in [-0.15, -0.1) is 0 Å². The van der Waals surface area contributed by atoms with Gasteiger partial charge in [-0.25, -0.2) is 18.6 Å². The second-order valence-corrected chi connectivity index (χ2v) is 9.11. The zero-order valence-corrected chi connectivity index (χ0v) is 19.3. The summed E-state index contributed by atoms with van der Waals surface area (Å²) < 4.78 is 32.8. The van der Waals surface area contributed by atoms with Crippen LogP contribution in [0.4, 0.5) is 5.69 Å². The minimum Gasteiger partial charge on any atom is -0.497 e. The molecule has 0 unspecified atom stereocenters. The summed E-state index contributed by atoms with van der Waals surface area (Å²) >= 11 is 0. The SMILES string of the molecule is COc1ccc(S(=O)(=O)N(CC(=O)N/N=C\c2ccc(C(=O)O)cc2)c2ccc(C)cc2)cc1. The summed E-state index contributed by atoms with van der Waals surface area (Å²) in [5, 5.41) is 12.8. The molecule has 3 aromatic carbocycles. The van der Waals surface area contributed by atoms with Gasteiger partial charge in [0.2, 0.25) is 0 Å². The zero-order valence-electron chi connectivity index (χ0n) is 18.5. The molecular weight excluding hydrogens is 458 g/mol. The molecule has 0 spiro atoms. The number of nitrogens with zero attached hydrogens (tertiary/aromatic N) is 2. The van der Waals surface area contributed by atoms with Crippen LogP contribution in [0.3, 0.4) is 0 Å². The van der Waals surface area contributed by atoms with Gasteiger partial charge in [0.25, 0.3) is 15.9 Å². The molecule has 2 N–H and O–H groups in total. The number of carboxylic acid groups (broad SMARTS) is 1. The number of anilines is 1. The largest absolute Gasteiger partial charge is 0.497 e. The van der Waals surface area contributed by atoms with Crippen molar-refractivity contribution in [3.05, 3.63) is 89.5 Å². The van der Waals surface area contributed by atoms with E-state index in [0.717, 1.165) is 9.87 Å². The average Bonchev–Trinajstić information content (AvgIpc) is 2.83. The van der Waals surface area contributed by atoms with Crippen molar-refractivity contribution < 1.29 is 27.9 Å². The first-order chi connectivity index (χ1) is 16.2. The molecule has 0 aliphatic heterocycles. The van der Waals surface area contributed by atoms with E-state index in [2.05, 4.69) is 10.5 Å². The Labute approximate surface area is 197 Å². The molecule has 1 amide bonds. The number of aryl methyl sites for hydroxylation is 1. The third-order valence-electron chi connectivity index (χ3n) is 4.82. The Bertz CT molecular complexity index is 1290. The fourth-order valence-electron chi connectivity index (χ4n) is 2.96. The maximum Gasteiger partial charge on any atom is 0.335 e. The maximum atomic E-state index is 13.4. The van der Waals surface area contributed by atoms with Gasteiger partial charge in [-0.05, 0) is 61.0 Å². The van der Waals surface area contributed by atoms with Crippen LogP contribution in [0.1, 0.15) is 21.5 Å². The Morgan fingerprint density at radius 3 is 2.18 bits per heavy atom. The molecule has 0 fully saturated rings. The predicted molar refractivity (Wildman–Crippen MR) is 128 cm³/mol. The summed E-state index contributed by atoms with van der Waals surface area (Å²) in [5.41, 5.74) is 4.26. The lowest BCUT2D eigenvalue weighted by Crippen LogP contribution is -2.39. The molecular formula is C24H23N3O6S. The summed E-state index contributed by atoms with van der Waals surface area (Å²) in [5.74, 6) is -1.20. The molecule has 0 aromatic heterocycles. The number of rotatable bonds is 9. The van der Waals surface area contributed by atoms with Gasteiger partial charge >= 0.3 is 5.97 Å². The van der Waals surface area contributed by atoms with Gasteiger partial charge in [0.1, 0.15) is 12.3 Å². The number of carbonyl (C=O) groups excluding carboxylic acids is 1. The third kappa shape index (κ3) is 5.99. The van der Waals surface area contributed by atoms with E-state index in [0.29, 0.717) is 17.0 Å². The monoisotopic (exact) mass is 481 g/mol. The average molecular weight is 482 g/mol. The van der Waals surface area contributed by atoms with Gasteiger partial charge in [-0.2, -0.15) is 5.10 Å². The van der Waals surface area contributed by atoms with Gasteiger partial charge in [0.05, 0.1) is 29.5 Å². The topological polar surface area (TPSA) is 125 Å². The first-order valence-electron chi connectivity index (χ1n) is 10.1. The van der Waals surface area contributed by atoms with Crippen LogP contribution in [0.15, 0.2) is 82.8 Å². The number of ether oxygens (including phenoxy) is 1. The van der Waals surface area contributed by atoms with E-state index in [9.17, 15) is 18.0 Å². The number of nitrogens with one attached hydrogen (secondary N) is 1. The van der Waals surface area contributed by atoms with Crippen molar-refractivity contribution in [3.8, 4) is 5.75 Å². The minimum absolute atomic E-state index is 0.00342. The molecule has 0 heterocycles. The number of carboxylic acids is 1. The fourth-order valence-corrected chi connectivity index (χ4v) is 4.38. The summed E-state index contributed by atoms with van der Waals surface area (Å²) in [6, 6.07) is 18.5. The van der Waals surface area contributed by atoms with Gasteiger partial charge in [-0.1, -0.05) is 29.8 Å². The van der Waals surface area contributed by atoms with Crippen LogP contribution < -0.4 is 14.5 Å². The molecule has 176 valence electrons. The Morgan fingerprint density at radius 1 is 1.00 bits per heavy atom. The van der Waals surface area contributed by atoms with E-state index in [1.165, 1.54) is 61.9 Å². The highest BCUT2D eigenvalue weighted by Crippen LogP contribution is 2.25. The number of sulfonamides is 1. The summed E-state index contributed by atoms with van der Waals surface area (Å²) in [6.45, 7) is 1.36. The second kappa shape index (κ2) is 10.6. The Morgan fingerprint density at radius 2 is 1.62 bits per heavy atom. The fraction of sp³-hybridized carbons (Fsp3) is 0.125. The number of amides is 1. The smallest absolute Gasteiger partial charge is 0.335 e. The van der Waals surface area contributed by atoms with Crippen LogP contribution in [0.2, 0.25) is 0 Å². The van der Waals surface area contributed by atoms with Gasteiger partial charge < -0.3 is 9.84 Å². The van der Waals surface area contributed by atoms with Crippen molar-refractivity contribution in [2.24, 2.45) is 5.10 Å². The number of hydrazone groups is 1. The number of hydrogen-bond acceptors (Lipinski definition) is 6. The van der Waals surface area contributed by atoms with Crippen molar-refractivity contribution in [3.63, 3.8) is 0 Å². The number of hydrogen-bond donors (Lipinski definition) is 2. The van der Waals surface area contributed by atoms with E-state index in [-0.39, 0.29) is 10.5 Å². The molecule has 9 nitrogen and oxygen atoms in total. The van der Waals surface area contributed by atoms with Gasteiger partial charge in [-0.3, -0.25) is 9.10 Å². The van der Waals surface area contributed by atoms with Gasteiger partial charge in [0.15, 0.2) is 0 Å². The van der Waals surface area contributed by atoms with Crippen LogP contribution in [0.25, 0.3) is 0 Å². The Balaban J connectivity index is 1.80. The molecule has 0 saturated carbocycles. The molecule has 0 radical (unpaired) electrons. The predicted octanol–water partition coefficient (Wildman–Crippen LogP) is 3.05. The van der Waals surface area contributed by atoms with Crippen LogP contribution in [0, 0.1) is 6.92 Å². The third-order valence-corrected chi connectivity index (χ3v) is 6.61. The Kier molecular flexibility index (Phi) is 7.64. The van der Waals surface area contributed by atoms with Crippen molar-refractivity contribution in [1.82, 2.24) is 5.43 Å². The first kappa shape index (κ1) is 24.5. The lowest BCUT2D eigenvalue weighted by atomic mass is 10.1. The standard InChI is InChI=1S/C24H23N3O6S/c1-17-3-9-20(10-4-17)27(34(31,32)22-13-11-21(33-2)12-14-22)16-23(28)26-25-15-18-5-7-19(8-6-18)24(29)30/h3-15H,16H2,1-2H3,(H,26,28)(H,29,30)/b25-15-. The molecule has 3 aromatic rings. The van der Waals surface area contributed by atoms with Crippen LogP contribution >= 0.6 is 0 Å². The molecule has 0 atom stereocenters. The first-order valence-corrected chi connectivity index (χ1v) is 11.5. The van der Waals surface area contributed by atoms with Crippen LogP contribution in [-0.2, 0) is 14.8 Å². The number of benzene rings is 3. The molecule has 0 aliphatic rings. The highest BCUT2D eigenvalue weighted by atomic mass is 32.2. The molecule has 34 heavy (non-hydrogen) atoms. The van der Waals surface area contributed by atoms with Crippen LogP contribution in [-0.4, -0.2) is 45.3 Å². The summed E-state index contributed by atoms with van der Waals surface area (Å²) in [6.07, 6.45) is 1.33.